The van der Waals surface area contributed by atoms with Crippen molar-refractivity contribution in [2.75, 3.05) is 11.6 Å². The predicted molar refractivity (Wildman–Crippen MR) is 90.3 cm³/mol. The highest BCUT2D eigenvalue weighted by molar-refractivity contribution is 6.30. The highest BCUT2D eigenvalue weighted by Gasteiger charge is 2.20. The molecule has 2 aromatic carbocycles. The molecule has 3 rings (SSSR count). The maximum Gasteiger partial charge on any atom is 0.335 e. The molecule has 24 heavy (non-hydrogen) atoms. The number of aromatic carboxylic acids is 2. The van der Waals surface area contributed by atoms with Crippen LogP contribution in [0, 0.1) is 0 Å². The molecule has 2 aromatic rings. The van der Waals surface area contributed by atoms with Gasteiger partial charge in [0.15, 0.2) is 0 Å². The van der Waals surface area contributed by atoms with Gasteiger partial charge in [-0.3, -0.25) is 5.01 Å². The Bertz CT molecular complexity index is 814. The molecular weight excluding hydrogens is 332 g/mol. The van der Waals surface area contributed by atoms with E-state index in [1.807, 2.05) is 12.1 Å². The fourth-order valence-electron chi connectivity index (χ4n) is 2.50. The first kappa shape index (κ1) is 16.0. The van der Waals surface area contributed by atoms with Gasteiger partial charge in [0, 0.05) is 18.0 Å². The molecular formula is C17H13ClN2O4. The molecule has 7 heteroatoms. The predicted octanol–water partition coefficient (Wildman–Crippen LogP) is 3.35. The molecule has 0 aliphatic carbocycles. The van der Waals surface area contributed by atoms with Crippen molar-refractivity contribution in [3.05, 3.63) is 64.2 Å². The number of hydrazone groups is 1. The van der Waals surface area contributed by atoms with Crippen LogP contribution in [0.4, 0.5) is 5.69 Å². The third-order valence-corrected chi connectivity index (χ3v) is 3.94. The molecule has 1 heterocycles. The Morgan fingerprint density at radius 3 is 2.12 bits per heavy atom. The second kappa shape index (κ2) is 6.33. The zero-order valence-corrected chi connectivity index (χ0v) is 13.2. The topological polar surface area (TPSA) is 90.2 Å². The van der Waals surface area contributed by atoms with Crippen LogP contribution in [0.15, 0.2) is 47.6 Å². The van der Waals surface area contributed by atoms with E-state index in [-0.39, 0.29) is 11.1 Å². The average Bonchev–Trinajstić information content (AvgIpc) is 3.05. The van der Waals surface area contributed by atoms with Crippen LogP contribution >= 0.6 is 11.6 Å². The molecule has 2 N–H and O–H groups in total. The van der Waals surface area contributed by atoms with E-state index in [1.165, 1.54) is 12.1 Å². The summed E-state index contributed by atoms with van der Waals surface area (Å²) in [5.74, 6) is -2.36. The monoisotopic (exact) mass is 344 g/mol. The van der Waals surface area contributed by atoms with Gasteiger partial charge in [-0.25, -0.2) is 9.59 Å². The molecule has 0 bridgehead atoms. The number of carbonyl (C=O) groups is 2. The first-order valence-corrected chi connectivity index (χ1v) is 7.54. The first-order valence-electron chi connectivity index (χ1n) is 7.16. The van der Waals surface area contributed by atoms with Gasteiger partial charge in [-0.2, -0.15) is 5.10 Å². The van der Waals surface area contributed by atoms with Crippen molar-refractivity contribution < 1.29 is 19.8 Å². The number of hydrogen-bond acceptors (Lipinski definition) is 4. The minimum absolute atomic E-state index is 0.0833. The van der Waals surface area contributed by atoms with E-state index >= 15 is 0 Å². The number of anilines is 1. The lowest BCUT2D eigenvalue weighted by Crippen LogP contribution is -2.14. The molecule has 0 unspecified atom stereocenters. The standard InChI is InChI=1S/C17H13ClN2O4/c18-13-3-1-10(2-4-13)15-5-6-20(19-15)14-8-11(16(21)22)7-12(9-14)17(23)24/h1-4,7-9H,5-6H2,(H,21,22)(H,23,24). The molecule has 0 aromatic heterocycles. The van der Waals surface area contributed by atoms with Gasteiger partial charge in [0.2, 0.25) is 0 Å². The maximum atomic E-state index is 11.2. The lowest BCUT2D eigenvalue weighted by atomic mass is 10.1. The average molecular weight is 345 g/mol. The summed E-state index contributed by atoms with van der Waals surface area (Å²) in [6.07, 6.45) is 0.668. The van der Waals surface area contributed by atoms with Crippen molar-refractivity contribution in [2.45, 2.75) is 6.42 Å². The van der Waals surface area contributed by atoms with Crippen LogP contribution in [0.1, 0.15) is 32.7 Å². The fraction of sp³-hybridized carbons (Fsp3) is 0.118. The van der Waals surface area contributed by atoms with Crippen LogP contribution in [-0.4, -0.2) is 34.4 Å². The lowest BCUT2D eigenvalue weighted by molar-refractivity contribution is 0.0696. The number of halogens is 1. The van der Waals surface area contributed by atoms with E-state index in [9.17, 15) is 9.59 Å². The normalized spacial score (nSPS) is 13.7. The van der Waals surface area contributed by atoms with Crippen LogP contribution in [0.25, 0.3) is 0 Å². The van der Waals surface area contributed by atoms with Crippen LogP contribution in [0.3, 0.4) is 0 Å². The molecule has 0 spiro atoms. The Kier molecular flexibility index (Phi) is 4.22. The summed E-state index contributed by atoms with van der Waals surface area (Å²) < 4.78 is 0. The Hall–Kier alpha value is -2.86. The molecule has 122 valence electrons. The highest BCUT2D eigenvalue weighted by atomic mass is 35.5. The molecule has 1 aliphatic heterocycles. The van der Waals surface area contributed by atoms with E-state index in [2.05, 4.69) is 5.10 Å². The van der Waals surface area contributed by atoms with E-state index < -0.39 is 11.9 Å². The van der Waals surface area contributed by atoms with Crippen molar-refractivity contribution in [1.29, 1.82) is 0 Å². The van der Waals surface area contributed by atoms with Crippen molar-refractivity contribution >= 4 is 34.9 Å². The molecule has 0 radical (unpaired) electrons. The van der Waals surface area contributed by atoms with Gasteiger partial charge in [0.1, 0.15) is 0 Å². The van der Waals surface area contributed by atoms with Gasteiger partial charge < -0.3 is 10.2 Å². The largest absolute Gasteiger partial charge is 0.478 e. The fourth-order valence-corrected chi connectivity index (χ4v) is 2.62. The number of rotatable bonds is 4. The zero-order valence-electron chi connectivity index (χ0n) is 12.4. The third kappa shape index (κ3) is 3.23. The number of benzene rings is 2. The maximum absolute atomic E-state index is 11.2. The van der Waals surface area contributed by atoms with Gasteiger partial charge in [-0.05, 0) is 35.9 Å². The SMILES string of the molecule is O=C(O)c1cc(C(=O)O)cc(N2CCC(c3ccc(Cl)cc3)=N2)c1. The molecule has 0 saturated heterocycles. The third-order valence-electron chi connectivity index (χ3n) is 3.69. The summed E-state index contributed by atoms with van der Waals surface area (Å²) in [6, 6.07) is 11.2. The van der Waals surface area contributed by atoms with E-state index in [0.717, 1.165) is 17.3 Å². The summed E-state index contributed by atoms with van der Waals surface area (Å²) in [5, 5.41) is 25.0. The minimum atomic E-state index is -1.18. The van der Waals surface area contributed by atoms with E-state index in [4.69, 9.17) is 21.8 Å². The molecule has 6 nitrogen and oxygen atoms in total. The first-order chi connectivity index (χ1) is 11.4. The van der Waals surface area contributed by atoms with Crippen molar-refractivity contribution in [2.24, 2.45) is 5.10 Å². The van der Waals surface area contributed by atoms with Crippen molar-refractivity contribution in [3.8, 4) is 0 Å². The molecule has 0 amide bonds. The van der Waals surface area contributed by atoms with E-state index in [0.29, 0.717) is 23.7 Å². The quantitative estimate of drug-likeness (QED) is 0.887. The minimum Gasteiger partial charge on any atom is -0.478 e. The second-order valence-electron chi connectivity index (χ2n) is 5.31. The number of carboxylic acids is 2. The van der Waals surface area contributed by atoms with Gasteiger partial charge in [-0.1, -0.05) is 23.7 Å². The number of nitrogens with zero attached hydrogens (tertiary/aromatic N) is 2. The summed E-state index contributed by atoms with van der Waals surface area (Å²) in [4.78, 5) is 22.4. The molecule has 1 aliphatic rings. The Morgan fingerprint density at radius 1 is 1.00 bits per heavy atom. The Balaban J connectivity index is 1.96. The van der Waals surface area contributed by atoms with Crippen LogP contribution in [-0.2, 0) is 0 Å². The van der Waals surface area contributed by atoms with Gasteiger partial charge in [0.25, 0.3) is 0 Å². The molecule has 0 fully saturated rings. The highest BCUT2D eigenvalue weighted by Crippen LogP contribution is 2.25. The van der Waals surface area contributed by atoms with Gasteiger partial charge >= 0.3 is 11.9 Å². The lowest BCUT2D eigenvalue weighted by Gasteiger charge is -2.15. The number of carboxylic acid groups (broad SMARTS) is 2. The summed E-state index contributed by atoms with van der Waals surface area (Å²) in [7, 11) is 0. The smallest absolute Gasteiger partial charge is 0.335 e. The van der Waals surface area contributed by atoms with Gasteiger partial charge in [0.05, 0.1) is 22.5 Å². The summed E-state index contributed by atoms with van der Waals surface area (Å²) in [5.41, 5.74) is 2.04. The Labute approximate surface area is 142 Å². The Morgan fingerprint density at radius 2 is 1.58 bits per heavy atom. The van der Waals surface area contributed by atoms with Crippen LogP contribution in [0.5, 0.6) is 0 Å². The van der Waals surface area contributed by atoms with Crippen molar-refractivity contribution in [1.82, 2.24) is 0 Å². The summed E-state index contributed by atoms with van der Waals surface area (Å²) in [6.45, 7) is 0.542. The second-order valence-corrected chi connectivity index (χ2v) is 5.74. The molecule has 0 saturated carbocycles. The molecule has 0 atom stereocenters. The van der Waals surface area contributed by atoms with Crippen molar-refractivity contribution in [3.63, 3.8) is 0 Å². The van der Waals surface area contributed by atoms with Gasteiger partial charge in [-0.15, -0.1) is 0 Å². The zero-order chi connectivity index (χ0) is 17.3. The summed E-state index contributed by atoms with van der Waals surface area (Å²) >= 11 is 5.88. The van der Waals surface area contributed by atoms with Crippen LogP contribution < -0.4 is 5.01 Å². The van der Waals surface area contributed by atoms with E-state index in [1.54, 1.807) is 17.1 Å². The van der Waals surface area contributed by atoms with Crippen LogP contribution in [0.2, 0.25) is 5.02 Å². The number of hydrogen-bond donors (Lipinski definition) is 2.